The zero-order chi connectivity index (χ0) is 21.0. The van der Waals surface area contributed by atoms with Gasteiger partial charge < -0.3 is 15.8 Å². The van der Waals surface area contributed by atoms with Gasteiger partial charge in [0.05, 0.1) is 31.3 Å². The van der Waals surface area contributed by atoms with E-state index < -0.39 is 18.0 Å². The van der Waals surface area contributed by atoms with Crippen LogP contribution in [0.2, 0.25) is 0 Å². The Morgan fingerprint density at radius 3 is 2.72 bits per heavy atom. The molecule has 2 aromatic carbocycles. The second kappa shape index (κ2) is 8.71. The number of carbonyl (C=O) groups is 2. The van der Waals surface area contributed by atoms with Gasteiger partial charge in [-0.25, -0.2) is 9.18 Å². The Labute approximate surface area is 167 Å². The Morgan fingerprint density at radius 2 is 2.10 bits per heavy atom. The summed E-state index contributed by atoms with van der Waals surface area (Å²) in [6, 6.07) is 13.2. The van der Waals surface area contributed by atoms with Crippen LogP contribution in [0.3, 0.4) is 0 Å². The summed E-state index contributed by atoms with van der Waals surface area (Å²) in [5.41, 5.74) is 8.14. The van der Waals surface area contributed by atoms with E-state index in [0.29, 0.717) is 16.8 Å². The van der Waals surface area contributed by atoms with Crippen LogP contribution in [0.4, 0.5) is 14.9 Å². The molecular formula is C21H21FN4O3. The van der Waals surface area contributed by atoms with E-state index in [4.69, 9.17) is 15.7 Å². The van der Waals surface area contributed by atoms with Gasteiger partial charge in [0.1, 0.15) is 11.9 Å². The van der Waals surface area contributed by atoms with E-state index in [9.17, 15) is 14.0 Å². The highest BCUT2D eigenvalue weighted by atomic mass is 19.1. The summed E-state index contributed by atoms with van der Waals surface area (Å²) in [5, 5.41) is 11.3. The topological polar surface area (TPSA) is 108 Å². The molecule has 29 heavy (non-hydrogen) atoms. The lowest BCUT2D eigenvalue weighted by atomic mass is 9.99. The zero-order valence-corrected chi connectivity index (χ0v) is 15.9. The van der Waals surface area contributed by atoms with Gasteiger partial charge in [-0.1, -0.05) is 24.3 Å². The summed E-state index contributed by atoms with van der Waals surface area (Å²) in [6.45, 7) is 1.81. The maximum absolute atomic E-state index is 14.7. The second-order valence-electron chi connectivity index (χ2n) is 6.81. The lowest BCUT2D eigenvalue weighted by Crippen LogP contribution is -2.33. The summed E-state index contributed by atoms with van der Waals surface area (Å²) in [6.07, 6.45) is -0.861. The molecule has 0 spiro atoms. The van der Waals surface area contributed by atoms with Gasteiger partial charge in [-0.2, -0.15) is 5.26 Å². The van der Waals surface area contributed by atoms with Crippen LogP contribution in [0.5, 0.6) is 0 Å². The van der Waals surface area contributed by atoms with Gasteiger partial charge in [0.25, 0.3) is 0 Å². The molecule has 3 rings (SSSR count). The van der Waals surface area contributed by atoms with Gasteiger partial charge in [0.2, 0.25) is 5.91 Å². The number of nitrogens with zero attached hydrogens (tertiary/aromatic N) is 2. The number of nitriles is 1. The number of hydrogen-bond donors (Lipinski definition) is 2. The number of amides is 2. The van der Waals surface area contributed by atoms with Gasteiger partial charge in [-0.15, -0.1) is 0 Å². The normalized spacial score (nSPS) is 16.8. The van der Waals surface area contributed by atoms with E-state index >= 15 is 0 Å². The van der Waals surface area contributed by atoms with Crippen LogP contribution in [-0.4, -0.2) is 31.2 Å². The standard InChI is InChI=1S/C21H21FN4O3/c1-13(27)25-11-17-12-26(21(28)29-17)16-6-7-18(19(22)10-16)14-2-4-15(5-3-14)20(24)8-9-23/h2-7,10,17,20H,8,11-12,24H2,1H3,(H,25,27)/t17-,20?/m0/s1. The van der Waals surface area contributed by atoms with E-state index in [1.165, 1.54) is 17.9 Å². The lowest BCUT2D eigenvalue weighted by Gasteiger charge is -2.15. The summed E-state index contributed by atoms with van der Waals surface area (Å²) in [4.78, 5) is 24.4. The van der Waals surface area contributed by atoms with Crippen molar-refractivity contribution < 1.29 is 18.7 Å². The first-order chi connectivity index (χ1) is 13.9. The fraction of sp³-hybridized carbons (Fsp3) is 0.286. The molecular weight excluding hydrogens is 375 g/mol. The average Bonchev–Trinajstić information content (AvgIpc) is 3.07. The predicted octanol–water partition coefficient (Wildman–Crippen LogP) is 2.87. The number of anilines is 1. The van der Waals surface area contributed by atoms with Crippen LogP contribution >= 0.6 is 0 Å². The van der Waals surface area contributed by atoms with E-state index in [2.05, 4.69) is 5.32 Å². The molecule has 1 unspecified atom stereocenters. The minimum absolute atomic E-state index is 0.206. The van der Waals surface area contributed by atoms with Crippen LogP contribution < -0.4 is 16.0 Å². The number of rotatable bonds is 6. The van der Waals surface area contributed by atoms with Crippen LogP contribution in [0.15, 0.2) is 42.5 Å². The molecule has 0 bridgehead atoms. The van der Waals surface area contributed by atoms with Gasteiger partial charge in [0, 0.05) is 18.5 Å². The monoisotopic (exact) mass is 396 g/mol. The molecule has 2 aromatic rings. The Kier molecular flexibility index (Phi) is 6.10. The number of halogens is 1. The number of cyclic esters (lactones) is 1. The maximum Gasteiger partial charge on any atom is 0.414 e. The third kappa shape index (κ3) is 4.70. The SMILES string of the molecule is CC(=O)NC[C@H]1CN(c2ccc(-c3ccc(C(N)CC#N)cc3)c(F)c2)C(=O)O1. The first-order valence-electron chi connectivity index (χ1n) is 9.14. The number of ether oxygens (including phenoxy) is 1. The molecule has 2 atom stereocenters. The number of carbonyl (C=O) groups excluding carboxylic acids is 2. The van der Waals surface area contributed by atoms with Gasteiger partial charge in [0.15, 0.2) is 0 Å². The van der Waals surface area contributed by atoms with Gasteiger partial charge in [-0.3, -0.25) is 9.69 Å². The molecule has 1 aliphatic heterocycles. The van der Waals surface area contributed by atoms with Crippen molar-refractivity contribution >= 4 is 17.7 Å². The van der Waals surface area contributed by atoms with Crippen molar-refractivity contribution in [1.29, 1.82) is 5.26 Å². The lowest BCUT2D eigenvalue weighted by molar-refractivity contribution is -0.119. The Bertz CT molecular complexity index is 955. The predicted molar refractivity (Wildman–Crippen MR) is 105 cm³/mol. The highest BCUT2D eigenvalue weighted by Gasteiger charge is 2.32. The summed E-state index contributed by atoms with van der Waals surface area (Å²) < 4.78 is 19.9. The minimum Gasteiger partial charge on any atom is -0.442 e. The van der Waals surface area contributed by atoms with Crippen LogP contribution in [0.1, 0.15) is 24.9 Å². The number of benzene rings is 2. The molecule has 1 fully saturated rings. The molecule has 2 amide bonds. The van der Waals surface area contributed by atoms with E-state index in [0.717, 1.165) is 5.56 Å². The van der Waals surface area contributed by atoms with Crippen LogP contribution in [0.25, 0.3) is 11.1 Å². The first kappa shape index (κ1) is 20.3. The molecule has 0 aliphatic carbocycles. The molecule has 7 nitrogen and oxygen atoms in total. The van der Waals surface area contributed by atoms with E-state index in [-0.39, 0.29) is 31.5 Å². The highest BCUT2D eigenvalue weighted by Crippen LogP contribution is 2.30. The molecule has 1 saturated heterocycles. The number of nitrogens with one attached hydrogen (secondary N) is 1. The van der Waals surface area contributed by atoms with Crippen molar-refractivity contribution in [1.82, 2.24) is 5.32 Å². The van der Waals surface area contributed by atoms with Gasteiger partial charge >= 0.3 is 6.09 Å². The molecule has 1 aliphatic rings. The minimum atomic E-state index is -0.580. The Balaban J connectivity index is 1.74. The third-order valence-electron chi connectivity index (χ3n) is 4.68. The molecule has 0 saturated carbocycles. The largest absolute Gasteiger partial charge is 0.442 e. The Hall–Kier alpha value is -3.44. The average molecular weight is 396 g/mol. The summed E-state index contributed by atoms with van der Waals surface area (Å²) in [7, 11) is 0. The third-order valence-corrected chi connectivity index (χ3v) is 4.68. The summed E-state index contributed by atoms with van der Waals surface area (Å²) >= 11 is 0. The van der Waals surface area contributed by atoms with E-state index in [1.807, 2.05) is 6.07 Å². The van der Waals surface area contributed by atoms with Crippen molar-refractivity contribution in [3.8, 4) is 17.2 Å². The molecule has 8 heteroatoms. The Morgan fingerprint density at radius 1 is 1.38 bits per heavy atom. The van der Waals surface area contributed by atoms with Crippen molar-refractivity contribution in [3.05, 3.63) is 53.8 Å². The molecule has 150 valence electrons. The quantitative estimate of drug-likeness (QED) is 0.780. The molecule has 0 radical (unpaired) electrons. The number of nitrogens with two attached hydrogens (primary N) is 1. The zero-order valence-electron chi connectivity index (χ0n) is 15.9. The fourth-order valence-corrected chi connectivity index (χ4v) is 3.13. The smallest absolute Gasteiger partial charge is 0.414 e. The maximum atomic E-state index is 14.7. The summed E-state index contributed by atoms with van der Waals surface area (Å²) in [5.74, 6) is -0.691. The first-order valence-corrected chi connectivity index (χ1v) is 9.14. The van der Waals surface area contributed by atoms with Gasteiger partial charge in [-0.05, 0) is 29.3 Å². The van der Waals surface area contributed by atoms with E-state index in [1.54, 1.807) is 36.4 Å². The second-order valence-corrected chi connectivity index (χ2v) is 6.81. The highest BCUT2D eigenvalue weighted by molar-refractivity contribution is 5.90. The number of hydrogen-bond acceptors (Lipinski definition) is 5. The van der Waals surface area contributed by atoms with Crippen molar-refractivity contribution in [2.45, 2.75) is 25.5 Å². The van der Waals surface area contributed by atoms with Crippen molar-refractivity contribution in [2.24, 2.45) is 5.73 Å². The van der Waals surface area contributed by atoms with Crippen LogP contribution in [0, 0.1) is 17.1 Å². The fourth-order valence-electron chi connectivity index (χ4n) is 3.13. The van der Waals surface area contributed by atoms with Crippen molar-refractivity contribution in [3.63, 3.8) is 0 Å². The molecule has 0 aromatic heterocycles. The van der Waals surface area contributed by atoms with Crippen molar-refractivity contribution in [2.75, 3.05) is 18.0 Å². The van der Waals surface area contributed by atoms with Crippen LogP contribution in [-0.2, 0) is 9.53 Å². The molecule has 3 N–H and O–H groups in total. The molecule has 1 heterocycles.